The van der Waals surface area contributed by atoms with Crippen LogP contribution in [0.15, 0.2) is 22.9 Å². The Balaban J connectivity index is 4.23. The number of allylic oxidation sites excluding steroid dienone is 2. The summed E-state index contributed by atoms with van der Waals surface area (Å²) < 4.78 is 0. The monoisotopic (exact) mass is 131 g/mol. The van der Waals surface area contributed by atoms with Crippen molar-refractivity contribution in [3.63, 3.8) is 0 Å². The van der Waals surface area contributed by atoms with Crippen molar-refractivity contribution in [3.05, 3.63) is 22.9 Å². The van der Waals surface area contributed by atoms with E-state index in [4.69, 9.17) is 17.3 Å². The molecule has 0 fully saturated rings. The summed E-state index contributed by atoms with van der Waals surface area (Å²) in [7, 11) is 0. The predicted molar refractivity (Wildman–Crippen MR) is 37.6 cm³/mol. The zero-order chi connectivity index (χ0) is 6.73. The minimum atomic E-state index is 0.421. The second-order valence-electron chi connectivity index (χ2n) is 1.82. The van der Waals surface area contributed by atoms with Crippen LogP contribution in [0.1, 0.15) is 13.8 Å². The van der Waals surface area contributed by atoms with Crippen molar-refractivity contribution in [3.8, 4) is 0 Å². The van der Waals surface area contributed by atoms with Crippen LogP contribution < -0.4 is 5.73 Å². The van der Waals surface area contributed by atoms with Crippen LogP contribution in [0.5, 0.6) is 0 Å². The molecule has 0 saturated carbocycles. The Morgan fingerprint density at radius 3 is 1.88 bits per heavy atom. The molecule has 0 aromatic carbocycles. The van der Waals surface area contributed by atoms with Gasteiger partial charge < -0.3 is 5.73 Å². The van der Waals surface area contributed by atoms with Gasteiger partial charge in [0.25, 0.3) is 0 Å². The van der Waals surface area contributed by atoms with E-state index in [9.17, 15) is 0 Å². The molecule has 1 nitrogen and oxygen atoms in total. The molecule has 0 spiro atoms. The summed E-state index contributed by atoms with van der Waals surface area (Å²) >= 11 is 5.45. The van der Waals surface area contributed by atoms with Crippen molar-refractivity contribution in [1.82, 2.24) is 0 Å². The lowest BCUT2D eigenvalue weighted by atomic mass is 10.3. The van der Waals surface area contributed by atoms with Crippen LogP contribution in [0.3, 0.4) is 0 Å². The van der Waals surface area contributed by atoms with E-state index in [1.54, 1.807) is 0 Å². The van der Waals surface area contributed by atoms with Crippen molar-refractivity contribution in [1.29, 1.82) is 0 Å². The Hall–Kier alpha value is -0.430. The van der Waals surface area contributed by atoms with Crippen molar-refractivity contribution in [2.75, 3.05) is 0 Å². The van der Waals surface area contributed by atoms with Crippen LogP contribution in [0.2, 0.25) is 0 Å². The Morgan fingerprint density at radius 1 is 1.50 bits per heavy atom. The van der Waals surface area contributed by atoms with E-state index in [1.165, 1.54) is 0 Å². The molecule has 0 amide bonds. The molecular formula is C6H10ClN. The van der Waals surface area contributed by atoms with Gasteiger partial charge in [0.05, 0.1) is 5.03 Å². The first kappa shape index (κ1) is 7.57. The Kier molecular flexibility index (Phi) is 2.63. The van der Waals surface area contributed by atoms with E-state index in [0.717, 1.165) is 5.57 Å². The van der Waals surface area contributed by atoms with Crippen LogP contribution in [0.25, 0.3) is 0 Å². The molecule has 0 aromatic rings. The first-order valence-electron chi connectivity index (χ1n) is 2.33. The van der Waals surface area contributed by atoms with E-state index in [1.807, 2.05) is 13.8 Å². The van der Waals surface area contributed by atoms with Gasteiger partial charge in [-0.3, -0.25) is 0 Å². The smallest absolute Gasteiger partial charge is 0.0563 e. The minimum absolute atomic E-state index is 0.421. The van der Waals surface area contributed by atoms with Crippen LogP contribution in [0, 0.1) is 0 Å². The quantitative estimate of drug-likeness (QED) is 0.542. The first-order valence-corrected chi connectivity index (χ1v) is 2.71. The van der Waals surface area contributed by atoms with Gasteiger partial charge in [-0.2, -0.15) is 0 Å². The maximum absolute atomic E-state index is 5.45. The third-order valence-corrected chi connectivity index (χ3v) is 1.03. The van der Waals surface area contributed by atoms with Gasteiger partial charge in [-0.05, 0) is 13.8 Å². The van der Waals surface area contributed by atoms with Crippen LogP contribution >= 0.6 is 11.6 Å². The lowest BCUT2D eigenvalue weighted by Crippen LogP contribution is -1.97. The molecule has 8 heavy (non-hydrogen) atoms. The molecule has 0 aromatic heterocycles. The molecule has 0 aliphatic heterocycles. The average Bonchev–Trinajstić information content (AvgIpc) is 1.64. The third kappa shape index (κ3) is 2.03. The molecule has 0 atom stereocenters. The predicted octanol–water partition coefficient (Wildman–Crippen LogP) is 1.99. The highest BCUT2D eigenvalue weighted by Gasteiger charge is 1.92. The fourth-order valence-corrected chi connectivity index (χ4v) is 0.460. The number of nitrogens with two attached hydrogens (primary N) is 1. The lowest BCUT2D eigenvalue weighted by molar-refractivity contribution is 1.25. The minimum Gasteiger partial charge on any atom is -0.398 e. The topological polar surface area (TPSA) is 26.0 Å². The average molecular weight is 132 g/mol. The van der Waals surface area contributed by atoms with Gasteiger partial charge in [0.15, 0.2) is 0 Å². The Bertz CT molecular complexity index is 131. The second-order valence-corrected chi connectivity index (χ2v) is 2.27. The third-order valence-electron chi connectivity index (χ3n) is 0.831. The summed E-state index contributed by atoms with van der Waals surface area (Å²) in [5.41, 5.74) is 7.00. The van der Waals surface area contributed by atoms with E-state index in [0.29, 0.717) is 10.7 Å². The van der Waals surface area contributed by atoms with E-state index in [-0.39, 0.29) is 0 Å². The summed E-state index contributed by atoms with van der Waals surface area (Å²) in [6, 6.07) is 0. The van der Waals surface area contributed by atoms with E-state index >= 15 is 0 Å². The zero-order valence-corrected chi connectivity index (χ0v) is 5.92. The summed E-state index contributed by atoms with van der Waals surface area (Å²) in [5, 5.41) is 0.421. The highest BCUT2D eigenvalue weighted by molar-refractivity contribution is 6.31. The number of hydrogen-bond donors (Lipinski definition) is 1. The van der Waals surface area contributed by atoms with Crippen molar-refractivity contribution in [2.24, 2.45) is 5.73 Å². The van der Waals surface area contributed by atoms with E-state index in [2.05, 4.69) is 6.58 Å². The Morgan fingerprint density at radius 2 is 1.88 bits per heavy atom. The summed E-state index contributed by atoms with van der Waals surface area (Å²) in [5.74, 6) is 0. The standard InChI is InChI=1S/C6H10ClN/c1-4(2)6(8)5(3)7/h3,8H2,1-2H3. The van der Waals surface area contributed by atoms with Gasteiger partial charge in [0.2, 0.25) is 0 Å². The lowest BCUT2D eigenvalue weighted by Gasteiger charge is -1.97. The second kappa shape index (κ2) is 2.78. The molecule has 2 heteroatoms. The maximum atomic E-state index is 5.45. The molecule has 46 valence electrons. The highest BCUT2D eigenvalue weighted by atomic mass is 35.5. The van der Waals surface area contributed by atoms with Gasteiger partial charge >= 0.3 is 0 Å². The molecule has 0 saturated heterocycles. The van der Waals surface area contributed by atoms with Gasteiger partial charge in [-0.15, -0.1) is 0 Å². The Labute approximate surface area is 54.8 Å². The molecule has 0 rings (SSSR count). The number of hydrogen-bond acceptors (Lipinski definition) is 1. The van der Waals surface area contributed by atoms with E-state index < -0.39 is 0 Å². The SMILES string of the molecule is C=C(Cl)C(N)=C(C)C. The van der Waals surface area contributed by atoms with Gasteiger partial charge in [0.1, 0.15) is 0 Å². The van der Waals surface area contributed by atoms with Gasteiger partial charge in [0, 0.05) is 5.70 Å². The molecule has 0 bridgehead atoms. The van der Waals surface area contributed by atoms with Gasteiger partial charge in [-0.25, -0.2) is 0 Å². The first-order chi connectivity index (χ1) is 3.55. The van der Waals surface area contributed by atoms with Crippen LogP contribution in [-0.2, 0) is 0 Å². The zero-order valence-electron chi connectivity index (χ0n) is 5.16. The fourth-order valence-electron chi connectivity index (χ4n) is 0.271. The van der Waals surface area contributed by atoms with Crippen LogP contribution in [0.4, 0.5) is 0 Å². The number of rotatable bonds is 1. The molecule has 0 unspecified atom stereocenters. The maximum Gasteiger partial charge on any atom is 0.0563 e. The molecular weight excluding hydrogens is 122 g/mol. The van der Waals surface area contributed by atoms with Gasteiger partial charge in [-0.1, -0.05) is 23.8 Å². The molecule has 0 aliphatic carbocycles. The number of halogens is 1. The van der Waals surface area contributed by atoms with Crippen LogP contribution in [-0.4, -0.2) is 0 Å². The van der Waals surface area contributed by atoms with Crippen molar-refractivity contribution in [2.45, 2.75) is 13.8 Å². The normalized spacial score (nSPS) is 8.38. The summed E-state index contributed by atoms with van der Waals surface area (Å²) in [6.07, 6.45) is 0. The largest absolute Gasteiger partial charge is 0.398 e. The fraction of sp³-hybridized carbons (Fsp3) is 0.333. The van der Waals surface area contributed by atoms with Crippen molar-refractivity contribution >= 4 is 11.6 Å². The molecule has 0 aliphatic rings. The molecule has 0 heterocycles. The highest BCUT2D eigenvalue weighted by Crippen LogP contribution is 2.09. The molecule has 2 N–H and O–H groups in total. The summed E-state index contributed by atoms with van der Waals surface area (Å²) in [4.78, 5) is 0. The molecule has 0 radical (unpaired) electrons. The summed E-state index contributed by atoms with van der Waals surface area (Å²) in [6.45, 7) is 7.24. The van der Waals surface area contributed by atoms with Crippen molar-refractivity contribution < 1.29 is 0 Å².